The second kappa shape index (κ2) is 9.35. The Kier molecular flexibility index (Phi) is 6.63. The molecular weight excluding hydrogens is 355 g/mol. The van der Waals surface area contributed by atoms with Gasteiger partial charge in [0.1, 0.15) is 5.82 Å². The molecule has 0 aliphatic carbocycles. The van der Waals surface area contributed by atoms with Crippen molar-refractivity contribution in [3.63, 3.8) is 0 Å². The van der Waals surface area contributed by atoms with Gasteiger partial charge in [-0.15, -0.1) is 0 Å². The molecule has 1 aliphatic rings. The smallest absolute Gasteiger partial charge is 0.227 e. The van der Waals surface area contributed by atoms with Crippen molar-refractivity contribution in [3.8, 4) is 0 Å². The predicted molar refractivity (Wildman–Crippen MR) is 111 cm³/mol. The Morgan fingerprint density at radius 1 is 1.21 bits per heavy atom. The number of benzene rings is 2. The molecule has 148 valence electrons. The fraction of sp³-hybridized carbons (Fsp3) is 0.364. The highest BCUT2D eigenvalue weighted by atomic mass is 19.1. The summed E-state index contributed by atoms with van der Waals surface area (Å²) < 4.78 is 13.3. The maximum absolute atomic E-state index is 13.3. The SMILES string of the molecule is CN=C(NCCCC(=O)N1CCc2ccccc21)NCc1ccc(F)c(C)c1. The van der Waals surface area contributed by atoms with Gasteiger partial charge in [0.2, 0.25) is 5.91 Å². The van der Waals surface area contributed by atoms with Crippen molar-refractivity contribution >= 4 is 17.6 Å². The van der Waals surface area contributed by atoms with E-state index < -0.39 is 0 Å². The van der Waals surface area contributed by atoms with Crippen molar-refractivity contribution < 1.29 is 9.18 Å². The number of fused-ring (bicyclic) bond motifs is 1. The average molecular weight is 382 g/mol. The first-order chi connectivity index (χ1) is 13.6. The third kappa shape index (κ3) is 4.88. The largest absolute Gasteiger partial charge is 0.356 e. The molecule has 5 nitrogen and oxygen atoms in total. The number of aliphatic imine (C=N–C) groups is 1. The number of nitrogens with zero attached hydrogens (tertiary/aromatic N) is 2. The first-order valence-corrected chi connectivity index (χ1v) is 9.66. The van der Waals surface area contributed by atoms with E-state index in [2.05, 4.69) is 21.7 Å². The fourth-order valence-corrected chi connectivity index (χ4v) is 3.40. The van der Waals surface area contributed by atoms with E-state index in [1.165, 1.54) is 11.6 Å². The van der Waals surface area contributed by atoms with Gasteiger partial charge < -0.3 is 15.5 Å². The zero-order valence-corrected chi connectivity index (χ0v) is 16.5. The number of carbonyl (C=O) groups excluding carboxylic acids is 1. The molecule has 0 fully saturated rings. The van der Waals surface area contributed by atoms with Crippen LogP contribution in [0.3, 0.4) is 0 Å². The first-order valence-electron chi connectivity index (χ1n) is 9.66. The van der Waals surface area contributed by atoms with Gasteiger partial charge in [0.05, 0.1) is 0 Å². The third-order valence-corrected chi connectivity index (χ3v) is 4.95. The van der Waals surface area contributed by atoms with E-state index in [0.29, 0.717) is 31.0 Å². The summed E-state index contributed by atoms with van der Waals surface area (Å²) in [5.41, 5.74) is 3.91. The summed E-state index contributed by atoms with van der Waals surface area (Å²) in [6.45, 7) is 3.74. The Morgan fingerprint density at radius 3 is 2.82 bits per heavy atom. The summed E-state index contributed by atoms with van der Waals surface area (Å²) >= 11 is 0. The van der Waals surface area contributed by atoms with Gasteiger partial charge in [0.25, 0.3) is 0 Å². The van der Waals surface area contributed by atoms with Gasteiger partial charge in [-0.1, -0.05) is 30.3 Å². The van der Waals surface area contributed by atoms with Gasteiger partial charge in [-0.05, 0) is 48.6 Å². The topological polar surface area (TPSA) is 56.7 Å². The number of para-hydroxylation sites is 1. The first kappa shape index (κ1) is 19.9. The van der Waals surface area contributed by atoms with Gasteiger partial charge in [-0.3, -0.25) is 9.79 Å². The number of hydrogen-bond acceptors (Lipinski definition) is 2. The van der Waals surface area contributed by atoms with E-state index in [1.54, 1.807) is 20.0 Å². The van der Waals surface area contributed by atoms with Crippen molar-refractivity contribution in [3.05, 3.63) is 65.0 Å². The summed E-state index contributed by atoms with van der Waals surface area (Å²) in [6.07, 6.45) is 2.16. The molecule has 1 amide bonds. The van der Waals surface area contributed by atoms with Gasteiger partial charge in [-0.2, -0.15) is 0 Å². The zero-order chi connectivity index (χ0) is 19.9. The average Bonchev–Trinajstić information content (AvgIpc) is 3.14. The van der Waals surface area contributed by atoms with Gasteiger partial charge in [-0.25, -0.2) is 4.39 Å². The second-order valence-electron chi connectivity index (χ2n) is 6.96. The molecule has 0 saturated carbocycles. The second-order valence-corrected chi connectivity index (χ2v) is 6.96. The highest BCUT2D eigenvalue weighted by molar-refractivity contribution is 5.95. The molecule has 0 saturated heterocycles. The summed E-state index contributed by atoms with van der Waals surface area (Å²) in [5.74, 6) is 0.633. The van der Waals surface area contributed by atoms with Crippen LogP contribution in [0.25, 0.3) is 0 Å². The van der Waals surface area contributed by atoms with Crippen LogP contribution in [-0.2, 0) is 17.8 Å². The summed E-state index contributed by atoms with van der Waals surface area (Å²) in [6, 6.07) is 13.2. The van der Waals surface area contributed by atoms with Crippen molar-refractivity contribution in [1.82, 2.24) is 10.6 Å². The molecule has 28 heavy (non-hydrogen) atoms. The van der Waals surface area contributed by atoms with Crippen molar-refractivity contribution in [2.45, 2.75) is 32.7 Å². The standard InChI is InChI=1S/C22H27FN4O/c1-16-14-17(9-10-19(16)23)15-26-22(24-2)25-12-5-8-21(28)27-13-11-18-6-3-4-7-20(18)27/h3-4,6-7,9-10,14H,5,8,11-13,15H2,1-2H3,(H2,24,25,26). The van der Waals surface area contributed by atoms with E-state index in [9.17, 15) is 9.18 Å². The van der Waals surface area contributed by atoms with Crippen molar-refractivity contribution in [2.24, 2.45) is 4.99 Å². The van der Waals surface area contributed by atoms with E-state index in [-0.39, 0.29) is 11.7 Å². The zero-order valence-electron chi connectivity index (χ0n) is 16.5. The molecule has 0 unspecified atom stereocenters. The minimum Gasteiger partial charge on any atom is -0.356 e. The Labute approximate surface area is 165 Å². The number of amides is 1. The lowest BCUT2D eigenvalue weighted by Crippen LogP contribution is -2.38. The van der Waals surface area contributed by atoms with Gasteiger partial charge >= 0.3 is 0 Å². The van der Waals surface area contributed by atoms with Gasteiger partial charge in [0.15, 0.2) is 5.96 Å². The van der Waals surface area contributed by atoms with Crippen LogP contribution < -0.4 is 15.5 Å². The van der Waals surface area contributed by atoms with E-state index >= 15 is 0 Å². The number of hydrogen-bond donors (Lipinski definition) is 2. The molecular formula is C22H27FN4O. The van der Waals surface area contributed by atoms with Gasteiger partial charge in [0, 0.05) is 38.8 Å². The Morgan fingerprint density at radius 2 is 2.04 bits per heavy atom. The number of halogens is 1. The van der Waals surface area contributed by atoms with Crippen LogP contribution in [0.2, 0.25) is 0 Å². The van der Waals surface area contributed by atoms with E-state index in [4.69, 9.17) is 0 Å². The van der Waals surface area contributed by atoms with Crippen LogP contribution in [0.4, 0.5) is 10.1 Å². The highest BCUT2D eigenvalue weighted by Crippen LogP contribution is 2.27. The molecule has 0 radical (unpaired) electrons. The van der Waals surface area contributed by atoms with Crippen LogP contribution in [0.15, 0.2) is 47.5 Å². The molecule has 2 aromatic rings. The maximum atomic E-state index is 13.3. The minimum absolute atomic E-state index is 0.163. The monoisotopic (exact) mass is 382 g/mol. The molecule has 0 spiro atoms. The lowest BCUT2D eigenvalue weighted by molar-refractivity contribution is -0.118. The normalized spacial score (nSPS) is 13.4. The highest BCUT2D eigenvalue weighted by Gasteiger charge is 2.23. The van der Waals surface area contributed by atoms with Crippen LogP contribution in [0.1, 0.15) is 29.5 Å². The molecule has 1 heterocycles. The number of aryl methyl sites for hydroxylation is 1. The molecule has 6 heteroatoms. The number of carbonyl (C=O) groups is 1. The number of guanidine groups is 1. The fourth-order valence-electron chi connectivity index (χ4n) is 3.40. The molecule has 0 atom stereocenters. The molecule has 2 aromatic carbocycles. The lowest BCUT2D eigenvalue weighted by Gasteiger charge is -2.17. The maximum Gasteiger partial charge on any atom is 0.227 e. The van der Waals surface area contributed by atoms with Crippen molar-refractivity contribution in [2.75, 3.05) is 25.0 Å². The number of nitrogens with one attached hydrogen (secondary N) is 2. The van der Waals surface area contributed by atoms with Crippen LogP contribution in [0, 0.1) is 12.7 Å². The quantitative estimate of drug-likeness (QED) is 0.458. The van der Waals surface area contributed by atoms with Crippen LogP contribution >= 0.6 is 0 Å². The lowest BCUT2D eigenvalue weighted by atomic mass is 10.1. The molecule has 3 rings (SSSR count). The third-order valence-electron chi connectivity index (χ3n) is 4.95. The van der Waals surface area contributed by atoms with Crippen molar-refractivity contribution in [1.29, 1.82) is 0 Å². The summed E-state index contributed by atoms with van der Waals surface area (Å²) in [5, 5.41) is 6.43. The minimum atomic E-state index is -0.198. The Balaban J connectivity index is 1.40. The van der Waals surface area contributed by atoms with Crippen LogP contribution in [-0.4, -0.2) is 32.0 Å². The summed E-state index contributed by atoms with van der Waals surface area (Å²) in [7, 11) is 1.71. The summed E-state index contributed by atoms with van der Waals surface area (Å²) in [4.78, 5) is 18.6. The Bertz CT molecular complexity index is 865. The predicted octanol–water partition coefficient (Wildman–Crippen LogP) is 3.17. The Hall–Kier alpha value is -2.89. The number of rotatable bonds is 6. The number of anilines is 1. The molecule has 2 N–H and O–H groups in total. The molecule has 1 aliphatic heterocycles. The molecule has 0 bridgehead atoms. The van der Waals surface area contributed by atoms with E-state index in [1.807, 2.05) is 29.2 Å². The molecule has 0 aromatic heterocycles. The van der Waals surface area contributed by atoms with Crippen LogP contribution in [0.5, 0.6) is 0 Å². The van der Waals surface area contributed by atoms with E-state index in [0.717, 1.165) is 30.6 Å².